The molecule has 1 aliphatic heterocycles. The van der Waals surface area contributed by atoms with E-state index >= 15 is 0 Å². The highest BCUT2D eigenvalue weighted by molar-refractivity contribution is 7.14. The lowest BCUT2D eigenvalue weighted by Crippen LogP contribution is -2.43. The van der Waals surface area contributed by atoms with Crippen LogP contribution in [0.4, 0.5) is 5.13 Å². The standard InChI is InChI=1S/C16H21N5OS/c1-20-7-9-21(10-8-20)12-15-18-19-16(23-15)17-11-13-3-5-14(22-2)6-4-13/h3-6,11H,7-10,12H2,1-2H3/b17-11+. The number of aromatic nitrogens is 2. The topological polar surface area (TPSA) is 53.9 Å². The Morgan fingerprint density at radius 3 is 2.61 bits per heavy atom. The van der Waals surface area contributed by atoms with E-state index in [0.29, 0.717) is 5.13 Å². The van der Waals surface area contributed by atoms with Gasteiger partial charge >= 0.3 is 0 Å². The van der Waals surface area contributed by atoms with Crippen molar-refractivity contribution in [1.29, 1.82) is 0 Å². The number of aliphatic imine (C=N–C) groups is 1. The molecule has 1 saturated heterocycles. The zero-order chi connectivity index (χ0) is 16.1. The van der Waals surface area contributed by atoms with Gasteiger partial charge in [0.25, 0.3) is 0 Å². The molecule has 0 N–H and O–H groups in total. The van der Waals surface area contributed by atoms with Gasteiger partial charge in [0.05, 0.1) is 13.7 Å². The molecule has 1 aromatic carbocycles. The van der Waals surface area contributed by atoms with Crippen LogP contribution < -0.4 is 4.74 Å². The minimum absolute atomic E-state index is 0.699. The predicted molar refractivity (Wildman–Crippen MR) is 92.9 cm³/mol. The van der Waals surface area contributed by atoms with Crippen LogP contribution in [0, 0.1) is 0 Å². The number of piperazine rings is 1. The van der Waals surface area contributed by atoms with Crippen molar-refractivity contribution in [1.82, 2.24) is 20.0 Å². The Hall–Kier alpha value is -1.83. The Morgan fingerprint density at radius 1 is 1.17 bits per heavy atom. The van der Waals surface area contributed by atoms with Gasteiger partial charge in [-0.15, -0.1) is 10.2 Å². The molecule has 3 rings (SSSR count). The second kappa shape index (κ2) is 7.63. The van der Waals surface area contributed by atoms with Crippen LogP contribution in [0.15, 0.2) is 29.3 Å². The number of rotatable bonds is 5. The summed E-state index contributed by atoms with van der Waals surface area (Å²) in [6.45, 7) is 5.26. The van der Waals surface area contributed by atoms with Crippen LogP contribution in [-0.4, -0.2) is 66.5 Å². The van der Waals surface area contributed by atoms with Crippen molar-refractivity contribution in [3.8, 4) is 5.75 Å². The fraction of sp³-hybridized carbons (Fsp3) is 0.438. The largest absolute Gasteiger partial charge is 0.497 e. The first-order chi connectivity index (χ1) is 11.2. The van der Waals surface area contributed by atoms with Crippen LogP contribution in [0.2, 0.25) is 0 Å². The van der Waals surface area contributed by atoms with Crippen molar-refractivity contribution >= 4 is 22.7 Å². The lowest BCUT2D eigenvalue weighted by molar-refractivity contribution is 0.148. The molecule has 23 heavy (non-hydrogen) atoms. The molecule has 122 valence electrons. The summed E-state index contributed by atoms with van der Waals surface area (Å²) in [4.78, 5) is 9.17. The van der Waals surface area contributed by atoms with E-state index in [1.807, 2.05) is 24.3 Å². The average Bonchev–Trinajstić information content (AvgIpc) is 3.03. The molecule has 0 unspecified atom stereocenters. The fourth-order valence-corrected chi connectivity index (χ4v) is 3.10. The average molecular weight is 331 g/mol. The highest BCUT2D eigenvalue weighted by atomic mass is 32.1. The van der Waals surface area contributed by atoms with Crippen LogP contribution in [-0.2, 0) is 6.54 Å². The third-order valence-corrected chi connectivity index (χ3v) is 4.67. The summed E-state index contributed by atoms with van der Waals surface area (Å²) in [6, 6.07) is 7.77. The third-order valence-electron chi connectivity index (χ3n) is 3.85. The van der Waals surface area contributed by atoms with Crippen LogP contribution in [0.5, 0.6) is 5.75 Å². The SMILES string of the molecule is COc1ccc(/C=N/c2nnc(CN3CCN(C)CC3)s2)cc1. The molecule has 1 aromatic heterocycles. The van der Waals surface area contributed by atoms with Gasteiger partial charge in [0, 0.05) is 32.4 Å². The van der Waals surface area contributed by atoms with Gasteiger partial charge in [0.1, 0.15) is 10.8 Å². The van der Waals surface area contributed by atoms with Gasteiger partial charge in [-0.1, -0.05) is 11.3 Å². The Bertz CT molecular complexity index is 647. The first kappa shape index (κ1) is 16.0. The Balaban J connectivity index is 1.57. The molecular formula is C16H21N5OS. The van der Waals surface area contributed by atoms with E-state index in [9.17, 15) is 0 Å². The number of nitrogens with zero attached hydrogens (tertiary/aromatic N) is 5. The summed E-state index contributed by atoms with van der Waals surface area (Å²) in [7, 11) is 3.82. The number of methoxy groups -OCH3 is 1. The van der Waals surface area contributed by atoms with E-state index in [4.69, 9.17) is 4.74 Å². The van der Waals surface area contributed by atoms with E-state index in [-0.39, 0.29) is 0 Å². The van der Waals surface area contributed by atoms with Gasteiger partial charge < -0.3 is 9.64 Å². The number of likely N-dealkylation sites (N-methyl/N-ethyl adjacent to an activating group) is 1. The van der Waals surface area contributed by atoms with Crippen LogP contribution in [0.25, 0.3) is 0 Å². The molecule has 0 radical (unpaired) electrons. The van der Waals surface area contributed by atoms with Gasteiger partial charge in [0.2, 0.25) is 5.13 Å². The Labute approximate surface area is 140 Å². The molecule has 2 aromatic rings. The van der Waals surface area contributed by atoms with Crippen molar-refractivity contribution in [3.63, 3.8) is 0 Å². The number of hydrogen-bond acceptors (Lipinski definition) is 7. The highest BCUT2D eigenvalue weighted by Crippen LogP contribution is 2.20. The van der Waals surface area contributed by atoms with E-state index in [2.05, 4.69) is 32.0 Å². The maximum atomic E-state index is 5.14. The van der Waals surface area contributed by atoms with Crippen LogP contribution in [0.3, 0.4) is 0 Å². The van der Waals surface area contributed by atoms with Gasteiger partial charge in [-0.2, -0.15) is 0 Å². The molecule has 0 aliphatic carbocycles. The summed E-state index contributed by atoms with van der Waals surface area (Å²) in [5.74, 6) is 0.840. The monoisotopic (exact) mass is 331 g/mol. The molecule has 1 fully saturated rings. The zero-order valence-corrected chi connectivity index (χ0v) is 14.3. The molecule has 0 bridgehead atoms. The van der Waals surface area contributed by atoms with Gasteiger partial charge in [0.15, 0.2) is 0 Å². The van der Waals surface area contributed by atoms with E-state index in [1.54, 1.807) is 24.7 Å². The van der Waals surface area contributed by atoms with Crippen molar-refractivity contribution < 1.29 is 4.74 Å². The number of benzene rings is 1. The van der Waals surface area contributed by atoms with Crippen molar-refractivity contribution in [2.75, 3.05) is 40.3 Å². The number of hydrogen-bond donors (Lipinski definition) is 0. The van der Waals surface area contributed by atoms with Crippen molar-refractivity contribution in [3.05, 3.63) is 34.8 Å². The maximum absolute atomic E-state index is 5.14. The fourth-order valence-electron chi connectivity index (χ4n) is 2.38. The van der Waals surface area contributed by atoms with Crippen molar-refractivity contribution in [2.24, 2.45) is 4.99 Å². The minimum atomic E-state index is 0.699. The molecule has 7 heteroatoms. The lowest BCUT2D eigenvalue weighted by Gasteiger charge is -2.31. The molecule has 0 saturated carbocycles. The second-order valence-electron chi connectivity index (χ2n) is 5.59. The summed E-state index contributed by atoms with van der Waals surface area (Å²) in [6.07, 6.45) is 1.81. The summed E-state index contributed by atoms with van der Waals surface area (Å²) < 4.78 is 5.14. The zero-order valence-electron chi connectivity index (χ0n) is 13.5. The Morgan fingerprint density at radius 2 is 1.91 bits per heavy atom. The molecule has 6 nitrogen and oxygen atoms in total. The van der Waals surface area contributed by atoms with Gasteiger partial charge in [-0.3, -0.25) is 4.90 Å². The summed E-state index contributed by atoms with van der Waals surface area (Å²) >= 11 is 1.55. The van der Waals surface area contributed by atoms with Crippen LogP contribution in [0.1, 0.15) is 10.6 Å². The lowest BCUT2D eigenvalue weighted by atomic mass is 10.2. The highest BCUT2D eigenvalue weighted by Gasteiger charge is 2.15. The molecule has 0 atom stereocenters. The maximum Gasteiger partial charge on any atom is 0.231 e. The second-order valence-corrected chi connectivity index (χ2v) is 6.63. The minimum Gasteiger partial charge on any atom is -0.497 e. The molecule has 0 amide bonds. The third kappa shape index (κ3) is 4.57. The van der Waals surface area contributed by atoms with Gasteiger partial charge in [-0.25, -0.2) is 4.99 Å². The first-order valence-corrected chi connectivity index (χ1v) is 8.46. The van der Waals surface area contributed by atoms with Crippen molar-refractivity contribution in [2.45, 2.75) is 6.54 Å². The summed E-state index contributed by atoms with van der Waals surface area (Å²) in [5.41, 5.74) is 1.02. The predicted octanol–water partition coefficient (Wildman–Crippen LogP) is 2.04. The molecule has 2 heterocycles. The van der Waals surface area contributed by atoms with Crippen LogP contribution >= 0.6 is 11.3 Å². The normalized spacial score (nSPS) is 17.0. The smallest absolute Gasteiger partial charge is 0.231 e. The first-order valence-electron chi connectivity index (χ1n) is 7.64. The van der Waals surface area contributed by atoms with E-state index in [1.165, 1.54) is 0 Å². The quantitative estimate of drug-likeness (QED) is 0.785. The number of ether oxygens (including phenoxy) is 1. The Kier molecular flexibility index (Phi) is 5.32. The van der Waals surface area contributed by atoms with E-state index in [0.717, 1.165) is 49.0 Å². The van der Waals surface area contributed by atoms with E-state index < -0.39 is 0 Å². The summed E-state index contributed by atoms with van der Waals surface area (Å²) in [5, 5.41) is 10.1. The van der Waals surface area contributed by atoms with Gasteiger partial charge in [-0.05, 0) is 36.9 Å². The molecular weight excluding hydrogens is 310 g/mol. The molecule has 0 spiro atoms. The molecule has 1 aliphatic rings.